The Balaban J connectivity index is 1.36. The number of benzene rings is 2. The van der Waals surface area contributed by atoms with Crippen LogP contribution in [-0.4, -0.2) is 68.0 Å². The lowest BCUT2D eigenvalue weighted by molar-refractivity contribution is -0.141. The lowest BCUT2D eigenvalue weighted by Gasteiger charge is -2.42. The van der Waals surface area contributed by atoms with Gasteiger partial charge in [0.05, 0.1) is 31.2 Å². The van der Waals surface area contributed by atoms with E-state index in [4.69, 9.17) is 21.1 Å². The molecule has 3 aliphatic heterocycles. The number of carbonyl (C=O) groups excluding carboxylic acids is 1. The van der Waals surface area contributed by atoms with Crippen molar-refractivity contribution in [2.24, 2.45) is 0 Å². The number of piperazine rings is 1. The number of esters is 1. The van der Waals surface area contributed by atoms with Crippen LogP contribution in [0.1, 0.15) is 37.8 Å². The minimum absolute atomic E-state index is 0.0103. The van der Waals surface area contributed by atoms with Gasteiger partial charge in [-0.2, -0.15) is 0 Å². The molecule has 0 spiro atoms. The summed E-state index contributed by atoms with van der Waals surface area (Å²) < 4.78 is 11.2. The smallest absolute Gasteiger partial charge is 0.307 e. The molecule has 1 saturated heterocycles. The molecule has 2 N–H and O–H groups in total. The number of hydrogen-bond acceptors (Lipinski definition) is 7. The first kappa shape index (κ1) is 28.3. The average molecular weight is 564 g/mol. The van der Waals surface area contributed by atoms with E-state index in [-0.39, 0.29) is 18.1 Å². The van der Waals surface area contributed by atoms with Crippen LogP contribution in [0.3, 0.4) is 0 Å². The molecule has 212 valence electrons. The minimum atomic E-state index is -0.955. The Labute approximate surface area is 241 Å². The van der Waals surface area contributed by atoms with Gasteiger partial charge < -0.3 is 24.8 Å². The Hall–Kier alpha value is -3.26. The maximum Gasteiger partial charge on any atom is 0.307 e. The Kier molecular flexibility index (Phi) is 8.54. The Morgan fingerprint density at radius 2 is 2.02 bits per heavy atom. The summed E-state index contributed by atoms with van der Waals surface area (Å²) in [7, 11) is 1.44. The molecule has 40 heavy (non-hydrogen) atoms. The zero-order chi connectivity index (χ0) is 28.3. The third-order valence-corrected chi connectivity index (χ3v) is 8.14. The van der Waals surface area contributed by atoms with Gasteiger partial charge in [-0.15, -0.1) is 0 Å². The van der Waals surface area contributed by atoms with Crippen LogP contribution in [0.2, 0.25) is 5.02 Å². The third kappa shape index (κ3) is 6.38. The SMILES string of the molecule is COC(=O)CC1CN(CC/C=C2\C3=CC=CNC3COc3ccc(C(C)(C)O)cc32)CCN1c1ccc(Cl)cc1. The van der Waals surface area contributed by atoms with Crippen molar-refractivity contribution in [1.82, 2.24) is 10.2 Å². The normalized spacial score (nSPS) is 22.0. The second-order valence-electron chi connectivity index (χ2n) is 11.1. The Bertz CT molecular complexity index is 1310. The van der Waals surface area contributed by atoms with Crippen LogP contribution >= 0.6 is 11.6 Å². The van der Waals surface area contributed by atoms with Gasteiger partial charge in [-0.3, -0.25) is 9.69 Å². The van der Waals surface area contributed by atoms with Crippen molar-refractivity contribution in [1.29, 1.82) is 0 Å². The van der Waals surface area contributed by atoms with Crippen molar-refractivity contribution < 1.29 is 19.4 Å². The highest BCUT2D eigenvalue weighted by Crippen LogP contribution is 2.39. The molecule has 0 radical (unpaired) electrons. The van der Waals surface area contributed by atoms with E-state index in [0.717, 1.165) is 60.7 Å². The van der Waals surface area contributed by atoms with Crippen molar-refractivity contribution in [2.75, 3.05) is 44.8 Å². The molecule has 7 nitrogen and oxygen atoms in total. The standard InChI is InChI=1S/C32H38ClN3O4/c1-32(2,38)22-8-13-30-28(18-22)26(27-6-4-14-34-29(27)21-40-30)7-5-15-35-16-17-36(24-11-9-23(33)10-12-24)25(20-35)19-31(37)39-3/h4,6-14,18,25,29,34,38H,5,15-17,19-21H2,1-3H3/b26-7+. The number of rotatable bonds is 7. The van der Waals surface area contributed by atoms with E-state index in [1.807, 2.05) is 48.7 Å². The fourth-order valence-electron chi connectivity index (χ4n) is 5.69. The number of halogens is 1. The summed E-state index contributed by atoms with van der Waals surface area (Å²) in [5.41, 5.74) is 4.28. The molecular weight excluding hydrogens is 526 g/mol. The summed E-state index contributed by atoms with van der Waals surface area (Å²) >= 11 is 6.12. The number of carbonyl (C=O) groups is 1. The fraction of sp³-hybridized carbons (Fsp3) is 0.406. The number of allylic oxidation sites excluding steroid dienone is 2. The second-order valence-corrected chi connectivity index (χ2v) is 11.5. The van der Waals surface area contributed by atoms with Crippen molar-refractivity contribution in [2.45, 2.75) is 44.4 Å². The van der Waals surface area contributed by atoms with Crippen LogP contribution in [-0.2, 0) is 15.1 Å². The molecule has 0 bridgehead atoms. The van der Waals surface area contributed by atoms with Gasteiger partial charge in [0.1, 0.15) is 12.4 Å². The van der Waals surface area contributed by atoms with E-state index >= 15 is 0 Å². The first-order chi connectivity index (χ1) is 19.2. The highest BCUT2D eigenvalue weighted by Gasteiger charge is 2.30. The molecule has 5 rings (SSSR count). The zero-order valence-corrected chi connectivity index (χ0v) is 24.2. The predicted octanol–water partition coefficient (Wildman–Crippen LogP) is 4.90. The largest absolute Gasteiger partial charge is 0.490 e. The number of dihydropyridines is 1. The van der Waals surface area contributed by atoms with Gasteiger partial charge in [0.15, 0.2) is 0 Å². The highest BCUT2D eigenvalue weighted by molar-refractivity contribution is 6.30. The van der Waals surface area contributed by atoms with Crippen molar-refractivity contribution >= 4 is 28.8 Å². The van der Waals surface area contributed by atoms with Gasteiger partial charge in [-0.05, 0) is 85.7 Å². The molecular formula is C32H38ClN3O4. The van der Waals surface area contributed by atoms with E-state index in [9.17, 15) is 9.90 Å². The molecule has 2 aromatic carbocycles. The summed E-state index contributed by atoms with van der Waals surface area (Å²) in [6, 6.07) is 13.8. The number of hydrogen-bond donors (Lipinski definition) is 2. The number of fused-ring (bicyclic) bond motifs is 2. The Morgan fingerprint density at radius 1 is 1.23 bits per heavy atom. The van der Waals surface area contributed by atoms with Gasteiger partial charge in [0.25, 0.3) is 0 Å². The molecule has 3 heterocycles. The number of methoxy groups -OCH3 is 1. The van der Waals surface area contributed by atoms with Crippen LogP contribution in [0.25, 0.3) is 5.57 Å². The van der Waals surface area contributed by atoms with Gasteiger partial charge in [-0.25, -0.2) is 0 Å². The van der Waals surface area contributed by atoms with Crippen LogP contribution in [0.15, 0.2) is 72.5 Å². The molecule has 3 aliphatic rings. The summed E-state index contributed by atoms with van der Waals surface area (Å²) in [5.74, 6) is 0.618. The number of ether oxygens (including phenoxy) is 2. The monoisotopic (exact) mass is 563 g/mol. The first-order valence-corrected chi connectivity index (χ1v) is 14.3. The molecule has 0 amide bonds. The van der Waals surface area contributed by atoms with Gasteiger partial charge in [0, 0.05) is 42.5 Å². The van der Waals surface area contributed by atoms with Crippen LogP contribution in [0, 0.1) is 0 Å². The quantitative estimate of drug-likeness (QED) is 0.464. The van der Waals surface area contributed by atoms with E-state index in [1.165, 1.54) is 12.7 Å². The topological polar surface area (TPSA) is 74.3 Å². The van der Waals surface area contributed by atoms with E-state index in [0.29, 0.717) is 18.1 Å². The van der Waals surface area contributed by atoms with Crippen LogP contribution in [0.4, 0.5) is 5.69 Å². The molecule has 8 heteroatoms. The maximum atomic E-state index is 12.3. The average Bonchev–Trinajstić information content (AvgIpc) is 3.10. The lowest BCUT2D eigenvalue weighted by Crippen LogP contribution is -2.54. The molecule has 2 atom stereocenters. The van der Waals surface area contributed by atoms with Gasteiger partial charge in [-0.1, -0.05) is 29.8 Å². The molecule has 2 unspecified atom stereocenters. The summed E-state index contributed by atoms with van der Waals surface area (Å²) in [6.07, 6.45) is 9.59. The summed E-state index contributed by atoms with van der Waals surface area (Å²) in [6.45, 7) is 7.46. The number of nitrogens with zero attached hydrogens (tertiary/aromatic N) is 2. The number of anilines is 1. The lowest BCUT2D eigenvalue weighted by atomic mass is 9.88. The van der Waals surface area contributed by atoms with Crippen LogP contribution in [0.5, 0.6) is 5.75 Å². The minimum Gasteiger partial charge on any atom is -0.490 e. The number of aliphatic hydroxyl groups is 1. The third-order valence-electron chi connectivity index (χ3n) is 7.89. The maximum absolute atomic E-state index is 12.3. The summed E-state index contributed by atoms with van der Waals surface area (Å²) in [4.78, 5) is 17.0. The molecule has 2 aromatic rings. The number of nitrogens with one attached hydrogen (secondary N) is 1. The highest BCUT2D eigenvalue weighted by atomic mass is 35.5. The van der Waals surface area contributed by atoms with Crippen LogP contribution < -0.4 is 15.0 Å². The molecule has 1 fully saturated rings. The Morgan fingerprint density at radius 3 is 2.77 bits per heavy atom. The molecule has 0 aromatic heterocycles. The van der Waals surface area contributed by atoms with Gasteiger partial charge >= 0.3 is 5.97 Å². The van der Waals surface area contributed by atoms with E-state index in [1.54, 1.807) is 13.8 Å². The zero-order valence-electron chi connectivity index (χ0n) is 23.4. The van der Waals surface area contributed by atoms with E-state index < -0.39 is 5.60 Å². The fourth-order valence-corrected chi connectivity index (χ4v) is 5.81. The van der Waals surface area contributed by atoms with E-state index in [2.05, 4.69) is 33.3 Å². The van der Waals surface area contributed by atoms with Crippen molar-refractivity contribution in [3.05, 3.63) is 88.6 Å². The summed E-state index contributed by atoms with van der Waals surface area (Å²) in [5, 5.41) is 14.8. The molecule has 0 aliphatic carbocycles. The first-order valence-electron chi connectivity index (χ1n) is 13.9. The predicted molar refractivity (Wildman–Crippen MR) is 160 cm³/mol. The van der Waals surface area contributed by atoms with Crippen molar-refractivity contribution in [3.8, 4) is 5.75 Å². The van der Waals surface area contributed by atoms with Gasteiger partial charge in [0.2, 0.25) is 0 Å². The molecule has 0 saturated carbocycles. The van der Waals surface area contributed by atoms with Crippen molar-refractivity contribution in [3.63, 3.8) is 0 Å². The second kappa shape index (κ2) is 12.1.